The fourth-order valence-electron chi connectivity index (χ4n) is 2.54. The van der Waals surface area contributed by atoms with Gasteiger partial charge in [0, 0.05) is 5.69 Å². The Kier molecular flexibility index (Phi) is 8.70. The summed E-state index contributed by atoms with van der Waals surface area (Å²) in [6.45, 7) is 6.37. The van der Waals surface area contributed by atoms with Crippen molar-refractivity contribution in [1.82, 2.24) is 0 Å². The van der Waals surface area contributed by atoms with E-state index in [-0.39, 0.29) is 5.56 Å². The highest BCUT2D eigenvalue weighted by molar-refractivity contribution is 5.97. The summed E-state index contributed by atoms with van der Waals surface area (Å²) in [5.74, 6) is -0.133. The third-order valence-corrected chi connectivity index (χ3v) is 4.15. The molecule has 158 valence electrons. The minimum atomic E-state index is -1.03. The number of carbonyl (C=O) groups is 2. The van der Waals surface area contributed by atoms with Gasteiger partial charge in [-0.1, -0.05) is 19.4 Å². The van der Waals surface area contributed by atoms with Gasteiger partial charge in [0.25, 0.3) is 5.91 Å². The molecule has 0 aromatic heterocycles. The lowest BCUT2D eigenvalue weighted by molar-refractivity contribution is -0.123. The first-order valence-electron chi connectivity index (χ1n) is 9.90. The number of amides is 1. The van der Waals surface area contributed by atoms with Crippen LogP contribution in [0.2, 0.25) is 0 Å². The van der Waals surface area contributed by atoms with E-state index in [0.717, 1.165) is 12.8 Å². The number of ether oxygens (including phenoxy) is 3. The van der Waals surface area contributed by atoms with Crippen molar-refractivity contribution in [2.75, 3.05) is 18.5 Å². The molecule has 0 saturated heterocycles. The standard InChI is InChI=1S/C23H26N2O5/c1-4-6-12-29-20-11-10-18(14-21(20)28-5-2)23(27)30-16(3)22(26)25-19-9-7-8-17(13-19)15-24/h7-11,13-14,16H,4-6,12H2,1-3H3,(H,25,26). The molecule has 0 aliphatic carbocycles. The second-order valence-electron chi connectivity index (χ2n) is 6.53. The molecule has 0 heterocycles. The van der Waals surface area contributed by atoms with Gasteiger partial charge in [-0.2, -0.15) is 5.26 Å². The number of anilines is 1. The van der Waals surface area contributed by atoms with Crippen molar-refractivity contribution >= 4 is 17.6 Å². The highest BCUT2D eigenvalue weighted by Crippen LogP contribution is 2.29. The van der Waals surface area contributed by atoms with Gasteiger partial charge in [0.05, 0.1) is 30.4 Å². The molecule has 30 heavy (non-hydrogen) atoms. The van der Waals surface area contributed by atoms with Gasteiger partial charge in [-0.25, -0.2) is 4.79 Å². The van der Waals surface area contributed by atoms with E-state index in [4.69, 9.17) is 19.5 Å². The largest absolute Gasteiger partial charge is 0.490 e. The van der Waals surface area contributed by atoms with Crippen LogP contribution in [-0.4, -0.2) is 31.2 Å². The third kappa shape index (κ3) is 6.52. The molecule has 1 N–H and O–H groups in total. The molecule has 2 aromatic rings. The van der Waals surface area contributed by atoms with Crippen molar-refractivity contribution in [3.63, 3.8) is 0 Å². The normalized spacial score (nSPS) is 11.1. The molecule has 7 nitrogen and oxygen atoms in total. The van der Waals surface area contributed by atoms with Crippen LogP contribution in [0.3, 0.4) is 0 Å². The van der Waals surface area contributed by atoms with E-state index in [1.807, 2.05) is 13.0 Å². The van der Waals surface area contributed by atoms with Gasteiger partial charge in [-0.15, -0.1) is 0 Å². The number of nitrogens with one attached hydrogen (secondary N) is 1. The summed E-state index contributed by atoms with van der Waals surface area (Å²) in [5, 5.41) is 11.6. The van der Waals surface area contributed by atoms with E-state index < -0.39 is 18.0 Å². The average Bonchev–Trinajstić information content (AvgIpc) is 2.75. The highest BCUT2D eigenvalue weighted by Gasteiger charge is 2.20. The van der Waals surface area contributed by atoms with Crippen LogP contribution >= 0.6 is 0 Å². The number of rotatable bonds is 10. The van der Waals surface area contributed by atoms with E-state index in [1.165, 1.54) is 13.0 Å². The summed E-state index contributed by atoms with van der Waals surface area (Å²) in [7, 11) is 0. The van der Waals surface area contributed by atoms with Crippen molar-refractivity contribution in [2.24, 2.45) is 0 Å². The second kappa shape index (κ2) is 11.5. The lowest BCUT2D eigenvalue weighted by Gasteiger charge is -2.15. The monoisotopic (exact) mass is 410 g/mol. The van der Waals surface area contributed by atoms with Crippen LogP contribution in [0.15, 0.2) is 42.5 Å². The zero-order chi connectivity index (χ0) is 21.9. The lowest BCUT2D eigenvalue weighted by atomic mass is 10.2. The molecule has 7 heteroatoms. The number of carbonyl (C=O) groups excluding carboxylic acids is 2. The molecule has 1 unspecified atom stereocenters. The fourth-order valence-corrected chi connectivity index (χ4v) is 2.54. The average molecular weight is 410 g/mol. The molecule has 2 aromatic carbocycles. The molecular weight excluding hydrogens is 384 g/mol. The molecular formula is C23H26N2O5. The van der Waals surface area contributed by atoms with Gasteiger partial charge >= 0.3 is 5.97 Å². The van der Waals surface area contributed by atoms with E-state index >= 15 is 0 Å². The quantitative estimate of drug-likeness (QED) is 0.463. The fraction of sp³-hybridized carbons (Fsp3) is 0.348. The Morgan fingerprint density at radius 1 is 1.10 bits per heavy atom. The number of unbranched alkanes of at least 4 members (excludes halogenated alkanes) is 1. The maximum absolute atomic E-state index is 12.5. The molecule has 1 amide bonds. The minimum absolute atomic E-state index is 0.257. The Morgan fingerprint density at radius 2 is 1.90 bits per heavy atom. The number of hydrogen-bond acceptors (Lipinski definition) is 6. The summed E-state index contributed by atoms with van der Waals surface area (Å²) < 4.78 is 16.6. The van der Waals surface area contributed by atoms with Crippen molar-refractivity contribution in [3.8, 4) is 17.6 Å². The molecule has 0 radical (unpaired) electrons. The van der Waals surface area contributed by atoms with E-state index in [9.17, 15) is 9.59 Å². The molecule has 0 aliphatic rings. The van der Waals surface area contributed by atoms with Crippen LogP contribution in [0.4, 0.5) is 5.69 Å². The SMILES string of the molecule is CCCCOc1ccc(C(=O)OC(C)C(=O)Nc2cccc(C#N)c2)cc1OCC. The highest BCUT2D eigenvalue weighted by atomic mass is 16.5. The van der Waals surface area contributed by atoms with Crippen molar-refractivity contribution < 1.29 is 23.8 Å². The van der Waals surface area contributed by atoms with E-state index in [0.29, 0.717) is 36.0 Å². The lowest BCUT2D eigenvalue weighted by Crippen LogP contribution is -2.30. The topological polar surface area (TPSA) is 97.6 Å². The Bertz CT molecular complexity index is 920. The summed E-state index contributed by atoms with van der Waals surface area (Å²) in [5.41, 5.74) is 1.13. The number of esters is 1. The predicted octanol–water partition coefficient (Wildman–Crippen LogP) is 4.32. The van der Waals surface area contributed by atoms with Gasteiger partial charge in [-0.3, -0.25) is 4.79 Å². The predicted molar refractivity (Wildman–Crippen MR) is 113 cm³/mol. The zero-order valence-electron chi connectivity index (χ0n) is 17.4. The minimum Gasteiger partial charge on any atom is -0.490 e. The summed E-state index contributed by atoms with van der Waals surface area (Å²) in [4.78, 5) is 24.8. The van der Waals surface area contributed by atoms with E-state index in [1.54, 1.807) is 36.4 Å². The number of nitriles is 1. The van der Waals surface area contributed by atoms with Crippen LogP contribution < -0.4 is 14.8 Å². The molecule has 0 fully saturated rings. The summed E-state index contributed by atoms with van der Waals surface area (Å²) >= 11 is 0. The van der Waals surface area contributed by atoms with Gasteiger partial charge in [-0.05, 0) is 56.7 Å². The van der Waals surface area contributed by atoms with Crippen LogP contribution in [0.25, 0.3) is 0 Å². The van der Waals surface area contributed by atoms with Crippen molar-refractivity contribution in [2.45, 2.75) is 39.7 Å². The number of hydrogen-bond donors (Lipinski definition) is 1. The third-order valence-electron chi connectivity index (χ3n) is 4.15. The van der Waals surface area contributed by atoms with Crippen molar-refractivity contribution in [3.05, 3.63) is 53.6 Å². The zero-order valence-corrected chi connectivity index (χ0v) is 17.4. The van der Waals surface area contributed by atoms with Crippen LogP contribution in [0.1, 0.15) is 49.5 Å². The van der Waals surface area contributed by atoms with Crippen LogP contribution in [-0.2, 0) is 9.53 Å². The molecule has 2 rings (SSSR count). The molecule has 0 spiro atoms. The van der Waals surface area contributed by atoms with Gasteiger partial charge in [0.1, 0.15) is 0 Å². The summed E-state index contributed by atoms with van der Waals surface area (Å²) in [6.07, 6.45) is 0.897. The smallest absolute Gasteiger partial charge is 0.339 e. The first-order chi connectivity index (χ1) is 14.5. The number of benzene rings is 2. The van der Waals surface area contributed by atoms with Gasteiger partial charge in [0.2, 0.25) is 0 Å². The Labute approximate surface area is 176 Å². The number of nitrogens with zero attached hydrogens (tertiary/aromatic N) is 1. The van der Waals surface area contributed by atoms with Crippen LogP contribution in [0.5, 0.6) is 11.5 Å². The molecule has 0 bridgehead atoms. The summed E-state index contributed by atoms with van der Waals surface area (Å²) in [6, 6.07) is 13.3. The van der Waals surface area contributed by atoms with Crippen molar-refractivity contribution in [1.29, 1.82) is 5.26 Å². The first-order valence-corrected chi connectivity index (χ1v) is 9.90. The maximum atomic E-state index is 12.5. The Morgan fingerprint density at radius 3 is 2.60 bits per heavy atom. The maximum Gasteiger partial charge on any atom is 0.339 e. The second-order valence-corrected chi connectivity index (χ2v) is 6.53. The molecule has 0 aliphatic heterocycles. The Balaban J connectivity index is 2.03. The van der Waals surface area contributed by atoms with Gasteiger partial charge < -0.3 is 19.5 Å². The van der Waals surface area contributed by atoms with E-state index in [2.05, 4.69) is 12.2 Å². The molecule has 1 atom stereocenters. The molecule has 0 saturated carbocycles. The Hall–Kier alpha value is -3.53. The van der Waals surface area contributed by atoms with Gasteiger partial charge in [0.15, 0.2) is 17.6 Å². The van der Waals surface area contributed by atoms with Crippen LogP contribution in [0, 0.1) is 11.3 Å². The first kappa shape index (κ1) is 22.8.